The second-order valence-electron chi connectivity index (χ2n) is 8.77. The van der Waals surface area contributed by atoms with Gasteiger partial charge in [-0.05, 0) is 37.2 Å². The molecule has 1 amide bonds. The highest BCUT2D eigenvalue weighted by Crippen LogP contribution is 2.23. The van der Waals surface area contributed by atoms with E-state index in [1.807, 2.05) is 19.1 Å². The van der Waals surface area contributed by atoms with Crippen molar-refractivity contribution in [3.8, 4) is 0 Å². The Morgan fingerprint density at radius 3 is 2.65 bits per heavy atom. The van der Waals surface area contributed by atoms with E-state index in [9.17, 15) is 13.2 Å². The van der Waals surface area contributed by atoms with Crippen molar-refractivity contribution in [2.45, 2.75) is 43.7 Å². The smallest absolute Gasteiger partial charge is 0.263 e. The average Bonchev–Trinajstić information content (AvgIpc) is 3.11. The molecule has 1 aromatic carbocycles. The quantitative estimate of drug-likeness (QED) is 0.591. The van der Waals surface area contributed by atoms with Gasteiger partial charge < -0.3 is 15.1 Å². The van der Waals surface area contributed by atoms with Crippen molar-refractivity contribution in [3.63, 3.8) is 0 Å². The Morgan fingerprint density at radius 1 is 1.18 bits per heavy atom. The number of anilines is 1. The number of carbonyl (C=O) groups excluding carboxylic acids is 1. The molecule has 1 aromatic heterocycles. The Labute approximate surface area is 201 Å². The van der Waals surface area contributed by atoms with E-state index in [-0.39, 0.29) is 16.6 Å². The molecular formula is C24H32N6O3S. The standard InChI is InChI=1S/C24H32N6O3S/c1-3-4-8-20(27-23-19-7-5-6-9-21(19)34(32,33)28-23)24(31)26-17-18-10-11-22(25-16-18)30-14-12-29(2)13-15-30/h5-7,9-11,16,20H,3-4,8,12-15,17H2,1-2H3,(H,26,31)(H,27,28). The summed E-state index contributed by atoms with van der Waals surface area (Å²) in [6, 6.07) is 9.97. The van der Waals surface area contributed by atoms with Crippen LogP contribution in [0.4, 0.5) is 5.82 Å². The number of hydrogen-bond acceptors (Lipinski definition) is 7. The van der Waals surface area contributed by atoms with Crippen LogP contribution in [0.1, 0.15) is 37.3 Å². The van der Waals surface area contributed by atoms with Crippen LogP contribution in [0.2, 0.25) is 0 Å². The monoisotopic (exact) mass is 484 g/mol. The van der Waals surface area contributed by atoms with Gasteiger partial charge in [0.2, 0.25) is 5.91 Å². The molecule has 0 radical (unpaired) electrons. The summed E-state index contributed by atoms with van der Waals surface area (Å²) in [4.78, 5) is 26.9. The maximum absolute atomic E-state index is 13.0. The number of nitrogens with zero attached hydrogens (tertiary/aromatic N) is 4. The molecule has 4 rings (SSSR count). The molecule has 0 saturated carbocycles. The van der Waals surface area contributed by atoms with Crippen LogP contribution in [0.3, 0.4) is 0 Å². The third-order valence-electron chi connectivity index (χ3n) is 6.18. The van der Waals surface area contributed by atoms with Crippen LogP contribution < -0.4 is 14.9 Å². The van der Waals surface area contributed by atoms with E-state index in [1.54, 1.807) is 30.5 Å². The van der Waals surface area contributed by atoms with Gasteiger partial charge >= 0.3 is 0 Å². The first kappa shape index (κ1) is 24.2. The Morgan fingerprint density at radius 2 is 1.94 bits per heavy atom. The number of rotatable bonds is 8. The fourth-order valence-corrected chi connectivity index (χ4v) is 5.33. The molecule has 2 aliphatic rings. The number of sulfonamides is 1. The van der Waals surface area contributed by atoms with Gasteiger partial charge in [0.05, 0.1) is 4.90 Å². The largest absolute Gasteiger partial charge is 0.354 e. The van der Waals surface area contributed by atoms with Crippen molar-refractivity contribution in [2.24, 2.45) is 4.99 Å². The molecule has 34 heavy (non-hydrogen) atoms. The van der Waals surface area contributed by atoms with Crippen molar-refractivity contribution in [1.29, 1.82) is 0 Å². The lowest BCUT2D eigenvalue weighted by Gasteiger charge is -2.33. The van der Waals surface area contributed by atoms with Gasteiger partial charge in [-0.2, -0.15) is 0 Å². The summed E-state index contributed by atoms with van der Waals surface area (Å²) in [5.74, 6) is 0.945. The van der Waals surface area contributed by atoms with Crippen LogP contribution >= 0.6 is 0 Å². The number of piperazine rings is 1. The molecule has 9 nitrogen and oxygen atoms in total. The van der Waals surface area contributed by atoms with E-state index in [4.69, 9.17) is 0 Å². The van der Waals surface area contributed by atoms with Gasteiger partial charge in [-0.25, -0.2) is 13.4 Å². The maximum Gasteiger partial charge on any atom is 0.263 e. The average molecular weight is 485 g/mol. The molecule has 2 aromatic rings. The number of amidine groups is 1. The number of aliphatic imine (C=N–C) groups is 1. The number of fused-ring (bicyclic) bond motifs is 1. The summed E-state index contributed by atoms with van der Waals surface area (Å²) in [7, 11) is -1.53. The molecule has 0 aliphatic carbocycles. The molecule has 2 aliphatic heterocycles. The zero-order chi connectivity index (χ0) is 24.1. The number of benzene rings is 1. The van der Waals surface area contributed by atoms with E-state index >= 15 is 0 Å². The molecule has 182 valence electrons. The Balaban J connectivity index is 1.42. The molecule has 1 atom stereocenters. The molecule has 1 fully saturated rings. The maximum atomic E-state index is 13.0. The SMILES string of the molecule is CCCCC(N=C1NS(=O)(=O)c2ccccc21)C(=O)NCc1ccc(N2CCN(C)CC2)nc1. The van der Waals surface area contributed by atoms with Gasteiger partial charge in [0.1, 0.15) is 17.7 Å². The van der Waals surface area contributed by atoms with Crippen LogP contribution in [-0.4, -0.2) is 69.3 Å². The number of aromatic nitrogens is 1. The molecular weight excluding hydrogens is 452 g/mol. The first-order valence-electron chi connectivity index (χ1n) is 11.7. The first-order valence-corrected chi connectivity index (χ1v) is 13.2. The van der Waals surface area contributed by atoms with Gasteiger partial charge in [-0.15, -0.1) is 0 Å². The van der Waals surface area contributed by atoms with Gasteiger partial charge in [-0.3, -0.25) is 14.5 Å². The predicted molar refractivity (Wildman–Crippen MR) is 132 cm³/mol. The van der Waals surface area contributed by atoms with E-state index in [2.05, 4.69) is 36.9 Å². The molecule has 1 saturated heterocycles. The number of unbranched alkanes of at least 4 members (excludes halogenated alkanes) is 1. The molecule has 1 unspecified atom stereocenters. The van der Waals surface area contributed by atoms with Crippen LogP contribution in [-0.2, 0) is 21.4 Å². The molecule has 3 heterocycles. The van der Waals surface area contributed by atoms with Crippen molar-refractivity contribution < 1.29 is 13.2 Å². The van der Waals surface area contributed by atoms with Crippen molar-refractivity contribution in [1.82, 2.24) is 19.9 Å². The Bertz CT molecular complexity index is 1140. The summed E-state index contributed by atoms with van der Waals surface area (Å²) in [6.45, 7) is 6.31. The van der Waals surface area contributed by atoms with Crippen molar-refractivity contribution >= 4 is 27.6 Å². The summed E-state index contributed by atoms with van der Waals surface area (Å²) in [5.41, 5.74) is 1.40. The minimum Gasteiger partial charge on any atom is -0.354 e. The first-order chi connectivity index (χ1) is 16.4. The number of hydrogen-bond donors (Lipinski definition) is 2. The minimum atomic E-state index is -3.65. The Hall–Kier alpha value is -2.98. The second-order valence-corrected chi connectivity index (χ2v) is 10.4. The van der Waals surface area contributed by atoms with Gasteiger partial charge in [-0.1, -0.05) is 38.0 Å². The Kier molecular flexibility index (Phi) is 7.47. The zero-order valence-corrected chi connectivity index (χ0v) is 20.5. The van der Waals surface area contributed by atoms with E-state index in [0.29, 0.717) is 18.5 Å². The fourth-order valence-electron chi connectivity index (χ4n) is 4.09. The van der Waals surface area contributed by atoms with E-state index in [0.717, 1.165) is 50.4 Å². The van der Waals surface area contributed by atoms with Gasteiger partial charge in [0.25, 0.3) is 10.0 Å². The lowest BCUT2D eigenvalue weighted by Crippen LogP contribution is -2.44. The summed E-state index contributed by atoms with van der Waals surface area (Å²) < 4.78 is 27.3. The van der Waals surface area contributed by atoms with E-state index in [1.165, 1.54) is 0 Å². The van der Waals surface area contributed by atoms with Crippen molar-refractivity contribution in [2.75, 3.05) is 38.1 Å². The van der Waals surface area contributed by atoms with Crippen molar-refractivity contribution in [3.05, 3.63) is 53.7 Å². The van der Waals surface area contributed by atoms with Crippen LogP contribution in [0, 0.1) is 0 Å². The normalized spacial score (nSPS) is 19.5. The van der Waals surface area contributed by atoms with Gasteiger partial charge in [0.15, 0.2) is 0 Å². The molecule has 2 N–H and O–H groups in total. The number of nitrogens with one attached hydrogen (secondary N) is 2. The van der Waals surface area contributed by atoms with E-state index < -0.39 is 16.1 Å². The predicted octanol–water partition coefficient (Wildman–Crippen LogP) is 1.75. The summed E-state index contributed by atoms with van der Waals surface area (Å²) in [6.07, 6.45) is 4.05. The number of carbonyl (C=O) groups is 1. The van der Waals surface area contributed by atoms with Crippen LogP contribution in [0.25, 0.3) is 0 Å². The number of pyridine rings is 1. The molecule has 0 bridgehead atoms. The molecule has 10 heteroatoms. The minimum absolute atomic E-state index is 0.190. The lowest BCUT2D eigenvalue weighted by molar-refractivity contribution is -0.122. The van der Waals surface area contributed by atoms with Crippen LogP contribution in [0.5, 0.6) is 0 Å². The zero-order valence-electron chi connectivity index (χ0n) is 19.7. The summed E-state index contributed by atoms with van der Waals surface area (Å²) in [5, 5.41) is 2.95. The third-order valence-corrected chi connectivity index (χ3v) is 7.58. The lowest BCUT2D eigenvalue weighted by atomic mass is 10.1. The highest BCUT2D eigenvalue weighted by Gasteiger charge is 2.31. The fraction of sp³-hybridized carbons (Fsp3) is 0.458. The second kappa shape index (κ2) is 10.5. The number of amides is 1. The van der Waals surface area contributed by atoms with Crippen LogP contribution in [0.15, 0.2) is 52.5 Å². The number of likely N-dealkylation sites (N-methyl/N-ethyl adjacent to an activating group) is 1. The molecule has 0 spiro atoms. The van der Waals surface area contributed by atoms with Gasteiger partial charge in [0, 0.05) is 44.5 Å². The summed E-state index contributed by atoms with van der Waals surface area (Å²) >= 11 is 0. The highest BCUT2D eigenvalue weighted by atomic mass is 32.2. The highest BCUT2D eigenvalue weighted by molar-refractivity contribution is 7.90. The topological polar surface area (TPSA) is 107 Å². The third kappa shape index (κ3) is 5.56.